The third-order valence-corrected chi connectivity index (χ3v) is 11.9. The Kier molecular flexibility index (Phi) is 7.92. The topological polar surface area (TPSA) is 158 Å². The average Bonchev–Trinajstić information content (AvgIpc) is 3.65. The summed E-state index contributed by atoms with van der Waals surface area (Å²) in [5.74, 6) is -2.39. The largest absolute Gasteiger partial charge is 0.506 e. The van der Waals surface area contributed by atoms with Gasteiger partial charge >= 0.3 is 0 Å². The number of hydrogen-bond acceptors (Lipinski definition) is 11. The smallest absolute Gasteiger partial charge is 0.260 e. The van der Waals surface area contributed by atoms with Crippen molar-refractivity contribution in [1.29, 1.82) is 0 Å². The zero-order chi connectivity index (χ0) is 35.0. The van der Waals surface area contributed by atoms with E-state index in [1.165, 1.54) is 0 Å². The Labute approximate surface area is 284 Å². The van der Waals surface area contributed by atoms with Gasteiger partial charge in [-0.15, -0.1) is 0 Å². The summed E-state index contributed by atoms with van der Waals surface area (Å²) in [5, 5.41) is 32.8. The number of methoxy groups -OCH3 is 1. The highest BCUT2D eigenvalue weighted by Crippen LogP contribution is 2.66. The minimum absolute atomic E-state index is 0.0422. The van der Waals surface area contributed by atoms with Gasteiger partial charge < -0.3 is 28.9 Å². The minimum atomic E-state index is -2.61. The molecule has 1 heterocycles. The summed E-state index contributed by atoms with van der Waals surface area (Å²) in [6.07, 6.45) is 7.31. The van der Waals surface area contributed by atoms with Crippen LogP contribution >= 0.6 is 0 Å². The summed E-state index contributed by atoms with van der Waals surface area (Å²) >= 11 is 0. The summed E-state index contributed by atoms with van der Waals surface area (Å²) in [4.78, 5) is 42.4. The number of nitrogens with zero attached hydrogens (tertiary/aromatic N) is 2. The van der Waals surface area contributed by atoms with Crippen molar-refractivity contribution in [1.82, 2.24) is 5.16 Å². The second-order valence-electron chi connectivity index (χ2n) is 14.7. The third-order valence-electron chi connectivity index (χ3n) is 11.9. The molecule has 0 saturated heterocycles. The Morgan fingerprint density at radius 1 is 1.06 bits per heavy atom. The van der Waals surface area contributed by atoms with Crippen molar-refractivity contribution in [3.63, 3.8) is 0 Å². The summed E-state index contributed by atoms with van der Waals surface area (Å²) in [6.45, 7) is 11.2. The Bertz CT molecular complexity index is 1940. The second kappa shape index (κ2) is 11.7. The molecule has 1 spiro atoms. The van der Waals surface area contributed by atoms with Gasteiger partial charge in [0.15, 0.2) is 17.4 Å². The first-order chi connectivity index (χ1) is 23.4. The fourth-order valence-corrected chi connectivity index (χ4v) is 9.21. The monoisotopic (exact) mass is 672 g/mol. The number of fused-ring (bicyclic) bond motifs is 5. The number of unbranched alkanes of at least 4 members (excludes halogenated alkanes) is 2. The maximum atomic E-state index is 14.9. The fourth-order valence-electron chi connectivity index (χ4n) is 9.21. The second-order valence-corrected chi connectivity index (χ2v) is 14.7. The SMILES string of the molecule is CCCCOc1noc2c1[C@H](N=O)[C@]1(O)C(=O)c3c(c4c5c(c(OC)cc(OCCCC)c5c3O)[C@@]3(C4)C(C)=CCCC3(C)C)C(=O)[C@@H]1C2. The van der Waals surface area contributed by atoms with E-state index in [0.717, 1.165) is 43.2 Å². The number of carbonyl (C=O) groups excluding carboxylic acids is 2. The lowest BCUT2D eigenvalue weighted by Crippen LogP contribution is -2.59. The molecule has 0 bridgehead atoms. The van der Waals surface area contributed by atoms with Crippen LogP contribution in [-0.4, -0.2) is 52.9 Å². The molecule has 2 N–H and O–H groups in total. The lowest BCUT2D eigenvalue weighted by molar-refractivity contribution is -0.0248. The molecule has 4 aliphatic rings. The van der Waals surface area contributed by atoms with E-state index in [4.69, 9.17) is 18.7 Å². The molecular weight excluding hydrogens is 628 g/mol. The zero-order valence-electron chi connectivity index (χ0n) is 29.0. The number of aromatic nitrogens is 1. The Hall–Kier alpha value is -4.25. The summed E-state index contributed by atoms with van der Waals surface area (Å²) in [6, 6.07) is 0.0126. The van der Waals surface area contributed by atoms with Crippen LogP contribution in [0.15, 0.2) is 27.4 Å². The molecule has 0 saturated carbocycles. The highest BCUT2D eigenvalue weighted by Gasteiger charge is 2.65. The van der Waals surface area contributed by atoms with Gasteiger partial charge in [-0.1, -0.05) is 57.4 Å². The molecule has 11 heteroatoms. The van der Waals surface area contributed by atoms with Gasteiger partial charge in [0.2, 0.25) is 5.78 Å². The fraction of sp³-hybridized carbons (Fsp3) is 0.553. The molecule has 0 radical (unpaired) electrons. The van der Waals surface area contributed by atoms with Crippen LogP contribution in [0.2, 0.25) is 0 Å². The molecule has 1 aromatic heterocycles. The third kappa shape index (κ3) is 4.26. The van der Waals surface area contributed by atoms with Crippen LogP contribution in [0, 0.1) is 16.2 Å². The summed E-state index contributed by atoms with van der Waals surface area (Å²) in [7, 11) is 1.60. The van der Waals surface area contributed by atoms with Gasteiger partial charge in [0.25, 0.3) is 5.88 Å². The number of hydrogen-bond donors (Lipinski definition) is 2. The maximum Gasteiger partial charge on any atom is 0.260 e. The number of carbonyl (C=O) groups is 2. The molecule has 4 atom stereocenters. The lowest BCUT2D eigenvalue weighted by atomic mass is 9.54. The van der Waals surface area contributed by atoms with Crippen molar-refractivity contribution in [3.8, 4) is 23.1 Å². The lowest BCUT2D eigenvalue weighted by Gasteiger charge is -2.49. The quantitative estimate of drug-likeness (QED) is 0.128. The number of benzene rings is 2. The number of aliphatic hydroxyl groups is 1. The Morgan fingerprint density at radius 2 is 1.78 bits per heavy atom. The van der Waals surface area contributed by atoms with Crippen molar-refractivity contribution in [2.75, 3.05) is 20.3 Å². The number of phenolic OH excluding ortho intramolecular Hbond substituents is 1. The molecule has 0 unspecified atom stereocenters. The van der Waals surface area contributed by atoms with E-state index in [9.17, 15) is 24.7 Å². The van der Waals surface area contributed by atoms with Crippen molar-refractivity contribution in [2.24, 2.45) is 16.5 Å². The molecule has 3 aromatic rings. The summed E-state index contributed by atoms with van der Waals surface area (Å²) in [5.41, 5.74) is -1.19. The van der Waals surface area contributed by atoms with Crippen LogP contribution in [-0.2, 0) is 18.3 Å². The Balaban J connectivity index is 1.52. The first-order valence-electron chi connectivity index (χ1n) is 17.4. The first kappa shape index (κ1) is 33.3. The van der Waals surface area contributed by atoms with Gasteiger partial charge in [-0.05, 0) is 55.2 Å². The molecule has 49 heavy (non-hydrogen) atoms. The summed E-state index contributed by atoms with van der Waals surface area (Å²) < 4.78 is 23.7. The molecule has 2 aromatic carbocycles. The Morgan fingerprint density at radius 3 is 2.43 bits per heavy atom. The molecule has 7 rings (SSSR count). The number of ether oxygens (including phenoxy) is 3. The van der Waals surface area contributed by atoms with Crippen molar-refractivity contribution in [3.05, 3.63) is 56.2 Å². The molecule has 260 valence electrons. The molecular formula is C38H44N2O9. The zero-order valence-corrected chi connectivity index (χ0v) is 29.0. The van der Waals surface area contributed by atoms with Gasteiger partial charge in [-0.2, -0.15) is 4.91 Å². The number of phenols is 1. The van der Waals surface area contributed by atoms with Crippen LogP contribution in [0.5, 0.6) is 23.1 Å². The van der Waals surface area contributed by atoms with E-state index in [0.29, 0.717) is 41.9 Å². The molecule has 0 amide bonds. The maximum absolute atomic E-state index is 14.9. The highest BCUT2D eigenvalue weighted by molar-refractivity contribution is 6.26. The van der Waals surface area contributed by atoms with E-state index < -0.39 is 40.3 Å². The van der Waals surface area contributed by atoms with E-state index in [-0.39, 0.29) is 52.2 Å². The van der Waals surface area contributed by atoms with Crippen molar-refractivity contribution < 1.29 is 38.5 Å². The van der Waals surface area contributed by atoms with Gasteiger partial charge in [0, 0.05) is 34.4 Å². The first-order valence-corrected chi connectivity index (χ1v) is 17.4. The van der Waals surface area contributed by atoms with Crippen molar-refractivity contribution in [2.45, 2.75) is 103 Å². The predicted molar refractivity (Wildman–Crippen MR) is 181 cm³/mol. The van der Waals surface area contributed by atoms with E-state index >= 15 is 0 Å². The number of Topliss-reactive ketones (excluding diaryl/α,β-unsaturated/α-hetero) is 2. The van der Waals surface area contributed by atoms with Crippen LogP contribution in [0.4, 0.5) is 0 Å². The number of rotatable bonds is 10. The standard InChI is InChI=1S/C38H44N2O9/c1-7-9-14-47-22-17-24(46-6)30-25-20(18-37(30)19(3)12-11-13-36(37,4)5)26-29(32(42)27(22)25)34(43)38(44)21(31(26)41)16-23-28(33(38)39-45)35(40-49-23)48-15-10-8-2/h12,17,21,33,42,44H,7-11,13-16,18H2,1-6H3/t21-,33-,37+,38-/m0/s1. The van der Waals surface area contributed by atoms with Gasteiger partial charge in [-0.3, -0.25) is 9.59 Å². The number of ketones is 2. The van der Waals surface area contributed by atoms with Crippen LogP contribution in [0.3, 0.4) is 0 Å². The van der Waals surface area contributed by atoms with E-state index in [1.54, 1.807) is 13.2 Å². The number of nitroso groups, excluding NO2 is 1. The van der Waals surface area contributed by atoms with Gasteiger partial charge in [-0.25, -0.2) is 0 Å². The molecule has 0 aliphatic heterocycles. The van der Waals surface area contributed by atoms with Gasteiger partial charge in [0.05, 0.1) is 42.8 Å². The number of allylic oxidation sites excluding steroid dienone is 2. The van der Waals surface area contributed by atoms with E-state index in [2.05, 4.69) is 37.2 Å². The van der Waals surface area contributed by atoms with E-state index in [1.807, 2.05) is 13.8 Å². The highest BCUT2D eigenvalue weighted by atomic mass is 16.5. The normalized spacial score (nSPS) is 26.3. The average molecular weight is 673 g/mol. The van der Waals surface area contributed by atoms with Gasteiger partial charge in [0.1, 0.15) is 23.0 Å². The molecule has 0 fully saturated rings. The van der Waals surface area contributed by atoms with Crippen LogP contribution in [0.25, 0.3) is 10.8 Å². The molecule has 11 nitrogen and oxygen atoms in total. The van der Waals surface area contributed by atoms with Crippen molar-refractivity contribution >= 4 is 22.3 Å². The van der Waals surface area contributed by atoms with Crippen LogP contribution in [0.1, 0.15) is 122 Å². The minimum Gasteiger partial charge on any atom is -0.506 e. The molecule has 4 aliphatic carbocycles. The predicted octanol–water partition coefficient (Wildman–Crippen LogP) is 7.25. The van der Waals surface area contributed by atoms with Crippen LogP contribution < -0.4 is 14.2 Å². The number of aromatic hydroxyl groups is 1.